The van der Waals surface area contributed by atoms with Crippen LogP contribution in [0.2, 0.25) is 5.02 Å². The topological polar surface area (TPSA) is 35.6 Å². The van der Waals surface area contributed by atoms with Crippen LogP contribution in [-0.2, 0) is 12.9 Å². The summed E-state index contributed by atoms with van der Waals surface area (Å²) in [6.45, 7) is 1.93. The molecule has 0 atom stereocenters. The van der Waals surface area contributed by atoms with E-state index in [0.29, 0.717) is 10.9 Å². The van der Waals surface area contributed by atoms with Crippen molar-refractivity contribution in [3.63, 3.8) is 0 Å². The molecule has 4 nitrogen and oxygen atoms in total. The summed E-state index contributed by atoms with van der Waals surface area (Å²) in [5.41, 5.74) is 3.51. The summed E-state index contributed by atoms with van der Waals surface area (Å²) in [5.74, 6) is 1.08. The van der Waals surface area contributed by atoms with Gasteiger partial charge in [0, 0.05) is 7.05 Å². The van der Waals surface area contributed by atoms with E-state index in [0.717, 1.165) is 28.4 Å². The molecule has 3 rings (SSSR count). The van der Waals surface area contributed by atoms with Gasteiger partial charge in [0.05, 0.1) is 22.3 Å². The highest BCUT2D eigenvalue weighted by molar-refractivity contribution is 6.32. The third-order valence-corrected chi connectivity index (χ3v) is 3.64. The molecule has 2 aromatic heterocycles. The molecule has 98 valence electrons. The Labute approximate surface area is 120 Å². The Morgan fingerprint density at radius 2 is 2.00 bits per heavy atom. The van der Waals surface area contributed by atoms with Crippen molar-refractivity contribution in [1.29, 1.82) is 0 Å². The van der Waals surface area contributed by atoms with Gasteiger partial charge in [-0.05, 0) is 19.1 Å². The van der Waals surface area contributed by atoms with Gasteiger partial charge in [-0.3, -0.25) is 4.57 Å². The van der Waals surface area contributed by atoms with Gasteiger partial charge >= 0.3 is 0 Å². The number of hydrogen-bond acceptors (Lipinski definition) is 2. The SMILES string of the molecule is Cc1nn(C)c2c1nc(CCl)n2-c1ccccc1Cl. The van der Waals surface area contributed by atoms with Gasteiger partial charge in [-0.1, -0.05) is 23.7 Å². The van der Waals surface area contributed by atoms with E-state index in [2.05, 4.69) is 10.1 Å². The Balaban J connectivity index is 2.42. The Bertz CT molecular complexity index is 757. The highest BCUT2D eigenvalue weighted by atomic mass is 35.5. The standard InChI is InChI=1S/C13H12Cl2N4/c1-8-12-13(18(2)17-8)19(11(7-14)16-12)10-6-4-3-5-9(10)15/h3-6H,7H2,1-2H3. The summed E-state index contributed by atoms with van der Waals surface area (Å²) in [6, 6.07) is 7.63. The molecule has 0 saturated carbocycles. The minimum atomic E-state index is 0.319. The van der Waals surface area contributed by atoms with Gasteiger partial charge in [0.2, 0.25) is 0 Å². The fraction of sp³-hybridized carbons (Fsp3) is 0.231. The number of nitrogens with zero attached hydrogens (tertiary/aromatic N) is 4. The zero-order valence-electron chi connectivity index (χ0n) is 10.6. The highest BCUT2D eigenvalue weighted by Crippen LogP contribution is 2.28. The first-order valence-electron chi connectivity index (χ1n) is 5.85. The lowest BCUT2D eigenvalue weighted by Crippen LogP contribution is -2.04. The van der Waals surface area contributed by atoms with Crippen molar-refractivity contribution in [2.24, 2.45) is 7.05 Å². The Morgan fingerprint density at radius 1 is 1.26 bits per heavy atom. The molecule has 0 amide bonds. The lowest BCUT2D eigenvalue weighted by atomic mass is 10.3. The van der Waals surface area contributed by atoms with E-state index in [1.807, 2.05) is 42.8 Å². The van der Waals surface area contributed by atoms with E-state index >= 15 is 0 Å². The monoisotopic (exact) mass is 294 g/mol. The van der Waals surface area contributed by atoms with Crippen molar-refractivity contribution in [3.8, 4) is 5.69 Å². The van der Waals surface area contributed by atoms with E-state index in [4.69, 9.17) is 23.2 Å². The Hall–Kier alpha value is -1.52. The number of imidazole rings is 1. The minimum Gasteiger partial charge on any atom is -0.278 e. The maximum atomic E-state index is 6.28. The number of rotatable bonds is 2. The summed E-state index contributed by atoms with van der Waals surface area (Å²) in [6.07, 6.45) is 0. The number of fused-ring (bicyclic) bond motifs is 1. The molecule has 0 saturated heterocycles. The average molecular weight is 295 g/mol. The van der Waals surface area contributed by atoms with E-state index in [1.54, 1.807) is 4.68 Å². The third kappa shape index (κ3) is 1.83. The zero-order valence-corrected chi connectivity index (χ0v) is 12.1. The molecule has 0 bridgehead atoms. The van der Waals surface area contributed by atoms with Crippen LogP contribution in [0.25, 0.3) is 16.9 Å². The maximum Gasteiger partial charge on any atom is 0.163 e. The van der Waals surface area contributed by atoms with E-state index in [1.165, 1.54) is 0 Å². The average Bonchev–Trinajstić information content (AvgIpc) is 2.89. The van der Waals surface area contributed by atoms with Crippen molar-refractivity contribution in [2.45, 2.75) is 12.8 Å². The molecule has 0 spiro atoms. The van der Waals surface area contributed by atoms with Crippen LogP contribution in [0, 0.1) is 6.92 Å². The molecule has 0 fully saturated rings. The van der Waals surface area contributed by atoms with Crippen molar-refractivity contribution >= 4 is 34.4 Å². The molecule has 2 heterocycles. The van der Waals surface area contributed by atoms with Gasteiger partial charge in [-0.15, -0.1) is 11.6 Å². The number of aryl methyl sites for hydroxylation is 2. The van der Waals surface area contributed by atoms with Crippen LogP contribution in [0.5, 0.6) is 0 Å². The Morgan fingerprint density at radius 3 is 2.68 bits per heavy atom. The van der Waals surface area contributed by atoms with Crippen LogP contribution in [-0.4, -0.2) is 19.3 Å². The van der Waals surface area contributed by atoms with Gasteiger partial charge in [-0.25, -0.2) is 9.67 Å². The summed E-state index contributed by atoms with van der Waals surface area (Å²) in [7, 11) is 1.89. The first kappa shape index (κ1) is 12.5. The maximum absolute atomic E-state index is 6.28. The van der Waals surface area contributed by atoms with E-state index < -0.39 is 0 Å². The summed E-state index contributed by atoms with van der Waals surface area (Å²) >= 11 is 12.3. The van der Waals surface area contributed by atoms with Crippen molar-refractivity contribution in [2.75, 3.05) is 0 Å². The quantitative estimate of drug-likeness (QED) is 0.679. The molecular formula is C13H12Cl2N4. The fourth-order valence-corrected chi connectivity index (χ4v) is 2.69. The molecule has 6 heteroatoms. The molecule has 0 radical (unpaired) electrons. The van der Waals surface area contributed by atoms with Crippen LogP contribution < -0.4 is 0 Å². The Kier molecular flexibility index (Phi) is 2.99. The molecule has 0 unspecified atom stereocenters. The molecule has 0 aliphatic rings. The number of halogens is 2. The molecule has 19 heavy (non-hydrogen) atoms. The largest absolute Gasteiger partial charge is 0.278 e. The lowest BCUT2D eigenvalue weighted by Gasteiger charge is -2.09. The molecule has 0 aliphatic heterocycles. The number of hydrogen-bond donors (Lipinski definition) is 0. The lowest BCUT2D eigenvalue weighted by molar-refractivity contribution is 0.755. The van der Waals surface area contributed by atoms with Crippen LogP contribution in [0.4, 0.5) is 0 Å². The summed E-state index contributed by atoms with van der Waals surface area (Å²) < 4.78 is 3.77. The predicted molar refractivity (Wildman–Crippen MR) is 77.1 cm³/mol. The molecule has 0 N–H and O–H groups in total. The van der Waals surface area contributed by atoms with Crippen LogP contribution in [0.15, 0.2) is 24.3 Å². The van der Waals surface area contributed by atoms with Crippen molar-refractivity contribution in [1.82, 2.24) is 19.3 Å². The fourth-order valence-electron chi connectivity index (χ4n) is 2.29. The normalized spacial score (nSPS) is 11.4. The first-order valence-corrected chi connectivity index (χ1v) is 6.76. The van der Waals surface area contributed by atoms with Crippen LogP contribution in [0.3, 0.4) is 0 Å². The van der Waals surface area contributed by atoms with Crippen molar-refractivity contribution in [3.05, 3.63) is 40.8 Å². The van der Waals surface area contributed by atoms with E-state index in [9.17, 15) is 0 Å². The highest BCUT2D eigenvalue weighted by Gasteiger charge is 2.19. The number of para-hydroxylation sites is 1. The minimum absolute atomic E-state index is 0.319. The number of alkyl halides is 1. The summed E-state index contributed by atoms with van der Waals surface area (Å²) in [5, 5.41) is 5.05. The second-order valence-electron chi connectivity index (χ2n) is 4.33. The van der Waals surface area contributed by atoms with Gasteiger partial charge in [0.25, 0.3) is 0 Å². The van der Waals surface area contributed by atoms with Gasteiger partial charge in [-0.2, -0.15) is 5.10 Å². The second-order valence-corrected chi connectivity index (χ2v) is 5.00. The molecule has 3 aromatic rings. The van der Waals surface area contributed by atoms with Crippen LogP contribution in [0.1, 0.15) is 11.5 Å². The smallest absolute Gasteiger partial charge is 0.163 e. The van der Waals surface area contributed by atoms with Gasteiger partial charge in [0.1, 0.15) is 11.3 Å². The summed E-state index contributed by atoms with van der Waals surface area (Å²) in [4.78, 5) is 4.56. The van der Waals surface area contributed by atoms with Crippen molar-refractivity contribution < 1.29 is 0 Å². The van der Waals surface area contributed by atoms with E-state index in [-0.39, 0.29) is 0 Å². The van der Waals surface area contributed by atoms with Crippen LogP contribution >= 0.6 is 23.2 Å². The number of benzene rings is 1. The molecular weight excluding hydrogens is 283 g/mol. The molecule has 0 aliphatic carbocycles. The van der Waals surface area contributed by atoms with Gasteiger partial charge < -0.3 is 0 Å². The number of aromatic nitrogens is 4. The second kappa shape index (κ2) is 4.54. The first-order chi connectivity index (χ1) is 9.13. The predicted octanol–water partition coefficient (Wildman–Crippen LogP) is 3.46. The zero-order chi connectivity index (χ0) is 13.6. The third-order valence-electron chi connectivity index (χ3n) is 3.08. The van der Waals surface area contributed by atoms with Gasteiger partial charge in [0.15, 0.2) is 5.65 Å². The molecule has 1 aromatic carbocycles.